The van der Waals surface area contributed by atoms with E-state index in [4.69, 9.17) is 0 Å². The van der Waals surface area contributed by atoms with Crippen molar-refractivity contribution in [2.45, 2.75) is 52.6 Å². The van der Waals surface area contributed by atoms with E-state index in [0.717, 1.165) is 5.69 Å². The minimum atomic E-state index is -4.29. The minimum absolute atomic E-state index is 0.00846. The normalized spacial score (nSPS) is 23.5. The predicted molar refractivity (Wildman–Crippen MR) is 86.6 cm³/mol. The summed E-state index contributed by atoms with van der Waals surface area (Å²) in [5, 5.41) is 0. The van der Waals surface area contributed by atoms with Crippen molar-refractivity contribution < 1.29 is 22.8 Å². The third-order valence-corrected chi connectivity index (χ3v) is 5.29. The molecule has 1 aliphatic heterocycles. The first kappa shape index (κ1) is 18.0. The fourth-order valence-electron chi connectivity index (χ4n) is 4.03. The molecule has 1 amide bonds. The van der Waals surface area contributed by atoms with Gasteiger partial charge in [0.2, 0.25) is 0 Å². The van der Waals surface area contributed by atoms with Crippen LogP contribution in [0.15, 0.2) is 0 Å². The average molecular weight is 356 g/mol. The number of likely N-dealkylation sites (tertiary alicyclic amines) is 1. The van der Waals surface area contributed by atoms with Crippen molar-refractivity contribution in [1.82, 2.24) is 9.88 Å². The van der Waals surface area contributed by atoms with Crippen LogP contribution in [0.3, 0.4) is 0 Å². The Kier molecular flexibility index (Phi) is 4.24. The van der Waals surface area contributed by atoms with Crippen molar-refractivity contribution in [3.8, 4) is 0 Å². The molecule has 3 rings (SSSR count). The molecule has 7 heteroatoms. The van der Waals surface area contributed by atoms with Crippen LogP contribution < -0.4 is 0 Å². The summed E-state index contributed by atoms with van der Waals surface area (Å²) in [5.41, 5.74) is 1.92. The van der Waals surface area contributed by atoms with Crippen molar-refractivity contribution in [3.05, 3.63) is 22.5 Å². The zero-order valence-electron chi connectivity index (χ0n) is 14.7. The molecule has 0 bridgehead atoms. The third-order valence-electron chi connectivity index (χ3n) is 5.29. The molecule has 138 valence electrons. The summed E-state index contributed by atoms with van der Waals surface area (Å²) in [7, 11) is 0. The lowest BCUT2D eigenvalue weighted by molar-refractivity contribution is -0.184. The molecule has 2 heterocycles. The van der Waals surface area contributed by atoms with Crippen LogP contribution in [0.2, 0.25) is 0 Å². The second kappa shape index (κ2) is 5.88. The fourth-order valence-corrected chi connectivity index (χ4v) is 4.03. The zero-order valence-corrected chi connectivity index (χ0v) is 14.7. The molecule has 1 aromatic heterocycles. The minimum Gasteiger partial charge on any atom is -0.354 e. The van der Waals surface area contributed by atoms with Crippen LogP contribution in [0.4, 0.5) is 13.2 Å². The van der Waals surface area contributed by atoms with Crippen LogP contribution in [-0.4, -0.2) is 40.8 Å². The molecule has 0 radical (unpaired) electrons. The number of halogens is 3. The van der Waals surface area contributed by atoms with Gasteiger partial charge in [0.25, 0.3) is 5.91 Å². The number of carbonyl (C=O) groups excluding carboxylic acids is 2. The maximum Gasteiger partial charge on any atom is 0.393 e. The highest BCUT2D eigenvalue weighted by molar-refractivity contribution is 6.04. The molecule has 1 saturated heterocycles. The van der Waals surface area contributed by atoms with Gasteiger partial charge in [0.05, 0.1) is 5.92 Å². The topological polar surface area (TPSA) is 53.2 Å². The van der Waals surface area contributed by atoms with Gasteiger partial charge in [-0.2, -0.15) is 13.2 Å². The fraction of sp³-hybridized carbons (Fsp3) is 0.667. The van der Waals surface area contributed by atoms with E-state index in [1.807, 2.05) is 13.8 Å². The lowest BCUT2D eigenvalue weighted by Crippen LogP contribution is -2.44. The molecule has 0 aromatic carbocycles. The Morgan fingerprint density at radius 3 is 2.60 bits per heavy atom. The van der Waals surface area contributed by atoms with E-state index in [2.05, 4.69) is 4.98 Å². The van der Waals surface area contributed by atoms with Crippen molar-refractivity contribution in [3.63, 3.8) is 0 Å². The van der Waals surface area contributed by atoms with Crippen LogP contribution in [-0.2, 0) is 6.42 Å². The van der Waals surface area contributed by atoms with Crippen molar-refractivity contribution >= 4 is 11.7 Å². The van der Waals surface area contributed by atoms with E-state index in [-0.39, 0.29) is 29.9 Å². The number of rotatable bonds is 1. The molecule has 0 saturated carbocycles. The summed E-state index contributed by atoms with van der Waals surface area (Å²) in [5.74, 6) is -1.92. The molecule has 0 spiro atoms. The van der Waals surface area contributed by atoms with E-state index in [1.165, 1.54) is 4.90 Å². The standard InChI is InChI=1S/C18H23F3N2O2/c1-10-14-12(7-17(2,3)8-13(14)24)22-15(10)16(25)23-6-4-5-11(9-23)18(19,20)21/h11,22H,4-9H2,1-3H3/t11-/m0/s1. The van der Waals surface area contributed by atoms with E-state index in [0.29, 0.717) is 36.9 Å². The number of fused-ring (bicyclic) bond motifs is 1. The number of amides is 1. The summed E-state index contributed by atoms with van der Waals surface area (Å²) in [4.78, 5) is 29.5. The summed E-state index contributed by atoms with van der Waals surface area (Å²) in [6.07, 6.45) is -2.84. The van der Waals surface area contributed by atoms with E-state index < -0.39 is 18.0 Å². The Morgan fingerprint density at radius 1 is 1.28 bits per heavy atom. The van der Waals surface area contributed by atoms with Crippen LogP contribution >= 0.6 is 0 Å². The van der Waals surface area contributed by atoms with Gasteiger partial charge in [-0.25, -0.2) is 0 Å². The lowest BCUT2D eigenvalue weighted by Gasteiger charge is -2.33. The van der Waals surface area contributed by atoms with Gasteiger partial charge in [-0.3, -0.25) is 9.59 Å². The number of nitrogens with zero attached hydrogens (tertiary/aromatic N) is 1. The molecular weight excluding hydrogens is 333 g/mol. The molecule has 2 aliphatic rings. The largest absolute Gasteiger partial charge is 0.393 e. The molecule has 4 nitrogen and oxygen atoms in total. The number of aromatic nitrogens is 1. The summed E-state index contributed by atoms with van der Waals surface area (Å²) in [6, 6.07) is 0. The number of ketones is 1. The Bertz CT molecular complexity index is 719. The Balaban J connectivity index is 1.88. The van der Waals surface area contributed by atoms with E-state index in [1.54, 1.807) is 6.92 Å². The van der Waals surface area contributed by atoms with Crippen LogP contribution in [0.5, 0.6) is 0 Å². The SMILES string of the molecule is Cc1c(C(=O)N2CCC[C@H](C(F)(F)F)C2)[nH]c2c1C(=O)CC(C)(C)C2. The monoisotopic (exact) mass is 356 g/mol. The van der Waals surface area contributed by atoms with Gasteiger partial charge in [0.15, 0.2) is 5.78 Å². The van der Waals surface area contributed by atoms with Crippen LogP contribution in [0.1, 0.15) is 65.2 Å². The molecule has 1 aromatic rings. The number of carbonyl (C=O) groups is 2. The molecule has 1 atom stereocenters. The summed E-state index contributed by atoms with van der Waals surface area (Å²) in [6.45, 7) is 5.68. The molecule has 1 fully saturated rings. The average Bonchev–Trinajstić information content (AvgIpc) is 2.81. The van der Waals surface area contributed by atoms with Crippen LogP contribution in [0.25, 0.3) is 0 Å². The van der Waals surface area contributed by atoms with Crippen molar-refractivity contribution in [2.75, 3.05) is 13.1 Å². The number of Topliss-reactive ketones (excluding diaryl/α,β-unsaturated/α-hetero) is 1. The van der Waals surface area contributed by atoms with Gasteiger partial charge in [-0.15, -0.1) is 0 Å². The molecular formula is C18H23F3N2O2. The first-order valence-electron chi connectivity index (χ1n) is 8.60. The van der Waals surface area contributed by atoms with Crippen molar-refractivity contribution in [2.24, 2.45) is 11.3 Å². The maximum atomic E-state index is 13.0. The number of H-pyrrole nitrogens is 1. The smallest absolute Gasteiger partial charge is 0.354 e. The molecule has 1 aliphatic carbocycles. The van der Waals surface area contributed by atoms with Gasteiger partial charge in [-0.05, 0) is 37.2 Å². The molecule has 25 heavy (non-hydrogen) atoms. The highest BCUT2D eigenvalue weighted by Crippen LogP contribution is 2.38. The number of hydrogen-bond acceptors (Lipinski definition) is 2. The number of piperidine rings is 1. The van der Waals surface area contributed by atoms with Gasteiger partial charge < -0.3 is 9.88 Å². The van der Waals surface area contributed by atoms with Gasteiger partial charge in [-0.1, -0.05) is 13.8 Å². The number of nitrogens with one attached hydrogen (secondary N) is 1. The Hall–Kier alpha value is -1.79. The maximum absolute atomic E-state index is 13.0. The number of hydrogen-bond donors (Lipinski definition) is 1. The van der Waals surface area contributed by atoms with Gasteiger partial charge in [0, 0.05) is 30.8 Å². The summed E-state index contributed by atoms with van der Waals surface area (Å²) < 4.78 is 39.0. The second-order valence-electron chi connectivity index (χ2n) is 8.05. The van der Waals surface area contributed by atoms with E-state index in [9.17, 15) is 22.8 Å². The highest BCUT2D eigenvalue weighted by Gasteiger charge is 2.43. The lowest BCUT2D eigenvalue weighted by atomic mass is 9.75. The van der Waals surface area contributed by atoms with Crippen molar-refractivity contribution in [1.29, 1.82) is 0 Å². The van der Waals surface area contributed by atoms with Gasteiger partial charge >= 0.3 is 6.18 Å². The Labute approximate surface area is 144 Å². The predicted octanol–water partition coefficient (Wildman–Crippen LogP) is 3.89. The first-order valence-corrected chi connectivity index (χ1v) is 8.60. The third kappa shape index (κ3) is 3.33. The van der Waals surface area contributed by atoms with Crippen LogP contribution in [0, 0.1) is 18.3 Å². The quantitative estimate of drug-likeness (QED) is 0.830. The molecule has 0 unspecified atom stereocenters. The number of aromatic amines is 1. The summed E-state index contributed by atoms with van der Waals surface area (Å²) >= 11 is 0. The Morgan fingerprint density at radius 2 is 1.96 bits per heavy atom. The van der Waals surface area contributed by atoms with E-state index >= 15 is 0 Å². The highest BCUT2D eigenvalue weighted by atomic mass is 19.4. The number of alkyl halides is 3. The van der Waals surface area contributed by atoms with Gasteiger partial charge in [0.1, 0.15) is 5.69 Å². The second-order valence-corrected chi connectivity index (χ2v) is 8.05. The first-order chi connectivity index (χ1) is 11.5. The zero-order chi connectivity index (χ0) is 18.6. The molecule has 1 N–H and O–H groups in total.